The Morgan fingerprint density at radius 3 is 1.78 bits per heavy atom. The van der Waals surface area contributed by atoms with E-state index in [2.05, 4.69) is 174 Å². The number of nitrogens with zero attached hydrogens (tertiary/aromatic N) is 2. The van der Waals surface area contributed by atoms with Crippen LogP contribution in [-0.2, 0) is 0 Å². The molecule has 0 saturated heterocycles. The molecule has 216 valence electrons. The van der Waals surface area contributed by atoms with Crippen molar-refractivity contribution in [1.29, 1.82) is 0 Å². The van der Waals surface area contributed by atoms with Gasteiger partial charge in [0, 0.05) is 31.4 Å². The molecule has 7 aromatic carbocycles. The molecule has 0 unspecified atom stereocenters. The highest BCUT2D eigenvalue weighted by atomic mass is 32.1. The average molecular weight is 605 g/mol. The molecule has 2 aromatic heterocycles. The third-order valence-corrected chi connectivity index (χ3v) is 9.91. The topological polar surface area (TPSA) is 17.8 Å². The summed E-state index contributed by atoms with van der Waals surface area (Å²) < 4.78 is 4.85. The van der Waals surface area contributed by atoms with Gasteiger partial charge in [-0.05, 0) is 88.0 Å². The van der Waals surface area contributed by atoms with Gasteiger partial charge in [-0.15, -0.1) is 11.3 Å². The van der Waals surface area contributed by atoms with E-state index in [-0.39, 0.29) is 0 Å². The maximum atomic E-state index is 5.30. The molecule has 0 spiro atoms. The first-order chi connectivity index (χ1) is 22.8. The number of fused-ring (bicyclic) bond motifs is 4. The molecule has 0 aliphatic heterocycles. The Kier molecular flexibility index (Phi) is 6.36. The summed E-state index contributed by atoms with van der Waals surface area (Å²) in [6.45, 7) is 0. The fraction of sp³-hybridized carbons (Fsp3) is 0. The van der Waals surface area contributed by atoms with Crippen LogP contribution in [0.15, 0.2) is 170 Å². The maximum Gasteiger partial charge on any atom is 0.146 e. The second kappa shape index (κ2) is 11.0. The molecule has 3 heteroatoms. The number of aromatic nitrogens is 2. The minimum Gasteiger partial charge on any atom is -0.292 e. The molecule has 0 amide bonds. The van der Waals surface area contributed by atoms with Gasteiger partial charge in [0.15, 0.2) is 0 Å². The van der Waals surface area contributed by atoms with Crippen LogP contribution in [0, 0.1) is 0 Å². The fourth-order valence-corrected chi connectivity index (χ4v) is 7.80. The molecule has 0 aliphatic rings. The highest BCUT2D eigenvalue weighted by Crippen LogP contribution is 2.44. The molecule has 0 saturated carbocycles. The zero-order valence-corrected chi connectivity index (χ0v) is 25.8. The zero-order chi connectivity index (χ0) is 30.5. The maximum absolute atomic E-state index is 5.30. The average Bonchev–Trinajstić information content (AvgIpc) is 3.71. The van der Waals surface area contributed by atoms with E-state index in [0.717, 1.165) is 28.1 Å². The van der Waals surface area contributed by atoms with Crippen LogP contribution in [0.2, 0.25) is 0 Å². The van der Waals surface area contributed by atoms with Crippen molar-refractivity contribution in [3.63, 3.8) is 0 Å². The second-order valence-corrected chi connectivity index (χ2v) is 12.7. The third kappa shape index (κ3) is 4.52. The summed E-state index contributed by atoms with van der Waals surface area (Å²) >= 11 is 1.85. The lowest BCUT2D eigenvalue weighted by Crippen LogP contribution is -1.98. The summed E-state index contributed by atoms with van der Waals surface area (Å²) in [5.74, 6) is 0.953. The molecule has 0 N–H and O–H groups in total. The second-order valence-electron chi connectivity index (χ2n) is 11.6. The van der Waals surface area contributed by atoms with Gasteiger partial charge in [0.05, 0.1) is 11.0 Å². The van der Waals surface area contributed by atoms with Crippen LogP contribution in [0.1, 0.15) is 0 Å². The van der Waals surface area contributed by atoms with Crippen molar-refractivity contribution >= 4 is 42.5 Å². The molecular weight excluding hydrogens is 577 g/mol. The number of rotatable bonds is 5. The standard InChI is InChI=1S/C43H28N2S/c1-3-13-29(14-4-1)30-15-11-16-31(25-30)32-17-12-18-33(26-32)34-27-37(42-36-21-7-10-24-40(36)46-41(42)28-34)43-44-38-22-8-9-23-39(38)45(43)35-19-5-2-6-20-35/h1-28H. The fourth-order valence-electron chi connectivity index (χ4n) is 6.63. The monoisotopic (exact) mass is 604 g/mol. The predicted molar refractivity (Wildman–Crippen MR) is 196 cm³/mol. The van der Waals surface area contributed by atoms with Crippen molar-refractivity contribution < 1.29 is 0 Å². The summed E-state index contributed by atoms with van der Waals surface area (Å²) in [6, 6.07) is 60.8. The van der Waals surface area contributed by atoms with E-state index < -0.39 is 0 Å². The summed E-state index contributed by atoms with van der Waals surface area (Å²) in [4.78, 5) is 5.30. The first-order valence-corrected chi connectivity index (χ1v) is 16.4. The molecule has 0 atom stereocenters. The molecule has 9 aromatic rings. The van der Waals surface area contributed by atoms with E-state index >= 15 is 0 Å². The van der Waals surface area contributed by atoms with Gasteiger partial charge in [-0.1, -0.05) is 115 Å². The molecule has 0 bridgehead atoms. The van der Waals surface area contributed by atoms with Crippen molar-refractivity contribution in [2.75, 3.05) is 0 Å². The Morgan fingerprint density at radius 2 is 1.02 bits per heavy atom. The number of benzene rings is 7. The van der Waals surface area contributed by atoms with Gasteiger partial charge in [0.1, 0.15) is 5.82 Å². The lowest BCUT2D eigenvalue weighted by molar-refractivity contribution is 1.11. The van der Waals surface area contributed by atoms with Crippen LogP contribution in [0.25, 0.3) is 81.7 Å². The van der Waals surface area contributed by atoms with Crippen molar-refractivity contribution in [1.82, 2.24) is 9.55 Å². The number of imidazole rings is 1. The first-order valence-electron chi connectivity index (χ1n) is 15.5. The van der Waals surface area contributed by atoms with Crippen molar-refractivity contribution in [3.8, 4) is 50.5 Å². The van der Waals surface area contributed by atoms with Gasteiger partial charge in [-0.3, -0.25) is 4.57 Å². The summed E-state index contributed by atoms with van der Waals surface area (Å²) in [5, 5.41) is 2.52. The molecule has 0 fully saturated rings. The van der Waals surface area contributed by atoms with E-state index in [4.69, 9.17) is 4.98 Å². The van der Waals surface area contributed by atoms with E-state index in [1.54, 1.807) is 0 Å². The highest BCUT2D eigenvalue weighted by molar-refractivity contribution is 7.26. The van der Waals surface area contributed by atoms with Gasteiger partial charge in [-0.25, -0.2) is 4.98 Å². The first kappa shape index (κ1) is 26.6. The quantitative estimate of drug-likeness (QED) is 0.191. The molecule has 0 aliphatic carbocycles. The Morgan fingerprint density at radius 1 is 0.435 bits per heavy atom. The van der Waals surface area contributed by atoms with Gasteiger partial charge >= 0.3 is 0 Å². The minimum absolute atomic E-state index is 0.953. The van der Waals surface area contributed by atoms with Crippen LogP contribution in [-0.4, -0.2) is 9.55 Å². The number of hydrogen-bond donors (Lipinski definition) is 0. The van der Waals surface area contributed by atoms with Crippen molar-refractivity contribution in [2.45, 2.75) is 0 Å². The van der Waals surface area contributed by atoms with E-state index in [0.29, 0.717) is 0 Å². The van der Waals surface area contributed by atoms with Crippen molar-refractivity contribution in [2.24, 2.45) is 0 Å². The normalized spacial score (nSPS) is 11.5. The smallest absolute Gasteiger partial charge is 0.146 e. The Bertz CT molecular complexity index is 2520. The summed E-state index contributed by atoms with van der Waals surface area (Å²) in [7, 11) is 0. The van der Waals surface area contributed by atoms with Gasteiger partial charge in [-0.2, -0.15) is 0 Å². The molecular formula is C43H28N2S. The molecule has 2 heterocycles. The van der Waals surface area contributed by atoms with Crippen LogP contribution in [0.4, 0.5) is 0 Å². The minimum atomic E-state index is 0.953. The molecule has 2 nitrogen and oxygen atoms in total. The van der Waals surface area contributed by atoms with Gasteiger partial charge in [0.25, 0.3) is 0 Å². The SMILES string of the molecule is c1ccc(-c2cccc(-c3cccc(-c4cc(-c5nc6ccccc6n5-c5ccccc5)c5c(c4)sc4ccccc45)c3)c2)cc1. The van der Waals surface area contributed by atoms with Crippen LogP contribution < -0.4 is 0 Å². The molecule has 46 heavy (non-hydrogen) atoms. The zero-order valence-electron chi connectivity index (χ0n) is 25.0. The van der Waals surface area contributed by atoms with E-state index in [1.807, 2.05) is 11.3 Å². The van der Waals surface area contributed by atoms with Crippen LogP contribution in [0.5, 0.6) is 0 Å². The van der Waals surface area contributed by atoms with E-state index in [1.165, 1.54) is 53.6 Å². The van der Waals surface area contributed by atoms with E-state index in [9.17, 15) is 0 Å². The highest BCUT2D eigenvalue weighted by Gasteiger charge is 2.20. The molecule has 9 rings (SSSR count). The summed E-state index contributed by atoms with van der Waals surface area (Å²) in [5.41, 5.74) is 11.5. The number of para-hydroxylation sites is 3. The van der Waals surface area contributed by atoms with Gasteiger partial charge in [0.2, 0.25) is 0 Å². The molecule has 0 radical (unpaired) electrons. The van der Waals surface area contributed by atoms with Gasteiger partial charge < -0.3 is 0 Å². The Balaban J connectivity index is 1.27. The van der Waals surface area contributed by atoms with Crippen LogP contribution in [0.3, 0.4) is 0 Å². The lowest BCUT2D eigenvalue weighted by Gasteiger charge is -2.13. The largest absolute Gasteiger partial charge is 0.292 e. The Hall–Kier alpha value is -5.77. The number of hydrogen-bond acceptors (Lipinski definition) is 2. The van der Waals surface area contributed by atoms with Crippen molar-refractivity contribution in [3.05, 3.63) is 170 Å². The Labute approximate surface area is 271 Å². The predicted octanol–water partition coefficient (Wildman–Crippen LogP) is 12.1. The third-order valence-electron chi connectivity index (χ3n) is 8.79. The summed E-state index contributed by atoms with van der Waals surface area (Å²) in [6.07, 6.45) is 0. The lowest BCUT2D eigenvalue weighted by atomic mass is 9.94. The van der Waals surface area contributed by atoms with Crippen LogP contribution >= 0.6 is 11.3 Å². The number of thiophene rings is 1.